The van der Waals surface area contributed by atoms with E-state index < -0.39 is 4.71 Å². The molecule has 0 saturated heterocycles. The van der Waals surface area contributed by atoms with Crippen LogP contribution in [-0.4, -0.2) is 15.1 Å². The van der Waals surface area contributed by atoms with Gasteiger partial charge in [0, 0.05) is 0 Å². The zero-order valence-corrected chi connectivity index (χ0v) is 11.6. The van der Waals surface area contributed by atoms with E-state index in [-0.39, 0.29) is 0 Å². The SMILES string of the molecule is SP(=[Se])(c1ccccc1)c1ccccc1. The molecule has 0 spiro atoms. The molecule has 0 unspecified atom stereocenters. The third kappa shape index (κ3) is 2.46. The predicted molar refractivity (Wildman–Crippen MR) is 73.8 cm³/mol. The Kier molecular flexibility index (Phi) is 3.53. The van der Waals surface area contributed by atoms with E-state index in [1.807, 2.05) is 12.1 Å². The Morgan fingerprint density at radius 2 is 1.07 bits per heavy atom. The van der Waals surface area contributed by atoms with E-state index in [4.69, 9.17) is 12.2 Å². The maximum absolute atomic E-state index is 4.82. The third-order valence-corrected chi connectivity index (χ3v) is 8.25. The Balaban J connectivity index is 2.50. The van der Waals surface area contributed by atoms with Crippen molar-refractivity contribution in [1.82, 2.24) is 0 Å². The topological polar surface area (TPSA) is 0 Å². The van der Waals surface area contributed by atoms with E-state index in [2.05, 4.69) is 63.6 Å². The number of benzene rings is 2. The molecule has 15 heavy (non-hydrogen) atoms. The van der Waals surface area contributed by atoms with Crippen molar-refractivity contribution >= 4 is 42.7 Å². The molecule has 3 heteroatoms. The average Bonchev–Trinajstić information content (AvgIpc) is 2.31. The Morgan fingerprint density at radius 1 is 0.733 bits per heavy atom. The molecule has 0 bridgehead atoms. The molecule has 0 fully saturated rings. The second-order valence-corrected chi connectivity index (χ2v) is 12.5. The van der Waals surface area contributed by atoms with Gasteiger partial charge in [0.25, 0.3) is 0 Å². The minimum atomic E-state index is -1.58. The van der Waals surface area contributed by atoms with Gasteiger partial charge in [-0.15, -0.1) is 0 Å². The Morgan fingerprint density at radius 3 is 1.40 bits per heavy atom. The predicted octanol–water partition coefficient (Wildman–Crippen LogP) is 2.58. The van der Waals surface area contributed by atoms with Crippen LogP contribution >= 0.6 is 17.0 Å². The number of rotatable bonds is 2. The number of hydrogen-bond donors (Lipinski definition) is 1. The molecule has 0 heterocycles. The molecule has 0 radical (unpaired) electrons. The molecule has 0 aliphatic heterocycles. The van der Waals surface area contributed by atoms with Crippen molar-refractivity contribution in [2.45, 2.75) is 0 Å². The zero-order chi connectivity index (χ0) is 10.7. The quantitative estimate of drug-likeness (QED) is 0.492. The molecule has 0 aliphatic carbocycles. The van der Waals surface area contributed by atoms with Crippen LogP contribution in [0.25, 0.3) is 0 Å². The summed E-state index contributed by atoms with van der Waals surface area (Å²) in [7, 11) is 0. The molecule has 0 N–H and O–H groups in total. The van der Waals surface area contributed by atoms with Gasteiger partial charge in [-0.25, -0.2) is 0 Å². The van der Waals surface area contributed by atoms with E-state index in [0.717, 1.165) is 0 Å². The summed E-state index contributed by atoms with van der Waals surface area (Å²) in [5, 5.41) is 2.55. The minimum absolute atomic E-state index is 1.28. The fourth-order valence-corrected chi connectivity index (χ4v) is 5.19. The summed E-state index contributed by atoms with van der Waals surface area (Å²) in [6.07, 6.45) is 0. The molecule has 0 saturated carbocycles. The molecule has 0 atom stereocenters. The number of thiol groups is 1. The van der Waals surface area contributed by atoms with Crippen LogP contribution < -0.4 is 10.6 Å². The second kappa shape index (κ2) is 4.72. The van der Waals surface area contributed by atoms with Gasteiger partial charge in [-0.2, -0.15) is 0 Å². The molecular weight excluding hydrogens is 286 g/mol. The Hall–Kier alpha value is -0.261. The second-order valence-electron chi connectivity index (χ2n) is 3.25. The van der Waals surface area contributed by atoms with Gasteiger partial charge in [0.1, 0.15) is 0 Å². The summed E-state index contributed by atoms with van der Waals surface area (Å²) in [6, 6.07) is 20.8. The van der Waals surface area contributed by atoms with Crippen LogP contribution in [0.5, 0.6) is 0 Å². The summed E-state index contributed by atoms with van der Waals surface area (Å²) >= 11 is 8.08. The molecule has 0 amide bonds. The molecule has 76 valence electrons. The van der Waals surface area contributed by atoms with Gasteiger partial charge in [0.05, 0.1) is 0 Å². The fourth-order valence-electron chi connectivity index (χ4n) is 1.41. The summed E-state index contributed by atoms with van der Waals surface area (Å²) < 4.78 is -1.58. The van der Waals surface area contributed by atoms with Gasteiger partial charge >= 0.3 is 103 Å². The summed E-state index contributed by atoms with van der Waals surface area (Å²) in [5.41, 5.74) is 0. The van der Waals surface area contributed by atoms with Crippen molar-refractivity contribution in [3.8, 4) is 0 Å². The van der Waals surface area contributed by atoms with Gasteiger partial charge in [-0.3, -0.25) is 0 Å². The van der Waals surface area contributed by atoms with Gasteiger partial charge in [-0.05, 0) is 0 Å². The zero-order valence-electron chi connectivity index (χ0n) is 8.08. The summed E-state index contributed by atoms with van der Waals surface area (Å²) in [6.45, 7) is 0. The first-order chi connectivity index (χ1) is 7.21. The molecule has 2 rings (SSSR count). The van der Waals surface area contributed by atoms with Crippen molar-refractivity contribution < 1.29 is 0 Å². The molecule has 0 nitrogen and oxygen atoms in total. The van der Waals surface area contributed by atoms with Crippen molar-refractivity contribution in [3.05, 3.63) is 60.7 Å². The van der Waals surface area contributed by atoms with Crippen LogP contribution in [0.3, 0.4) is 0 Å². The van der Waals surface area contributed by atoms with Crippen LogP contribution in [0.15, 0.2) is 60.7 Å². The van der Waals surface area contributed by atoms with E-state index in [1.165, 1.54) is 10.6 Å². The van der Waals surface area contributed by atoms with Crippen LogP contribution in [0.4, 0.5) is 0 Å². The fraction of sp³-hybridized carbons (Fsp3) is 0. The van der Waals surface area contributed by atoms with E-state index in [9.17, 15) is 0 Å². The molecule has 0 aliphatic rings. The molecule has 2 aromatic carbocycles. The Labute approximate surface area is 103 Å². The van der Waals surface area contributed by atoms with E-state index in [0.29, 0.717) is 0 Å². The first kappa shape index (κ1) is 11.2. The summed E-state index contributed by atoms with van der Waals surface area (Å²) in [5.74, 6) is 0. The molecular formula is C12H11PSSe. The number of hydrogen-bond acceptors (Lipinski definition) is 1. The van der Waals surface area contributed by atoms with Crippen molar-refractivity contribution in [3.63, 3.8) is 0 Å². The van der Waals surface area contributed by atoms with Gasteiger partial charge in [0.15, 0.2) is 0 Å². The van der Waals surface area contributed by atoms with Crippen molar-refractivity contribution in [1.29, 1.82) is 0 Å². The van der Waals surface area contributed by atoms with E-state index >= 15 is 0 Å². The normalized spacial score (nSPS) is 11.3. The van der Waals surface area contributed by atoms with Crippen LogP contribution in [-0.2, 0) is 0 Å². The van der Waals surface area contributed by atoms with Crippen molar-refractivity contribution in [2.24, 2.45) is 0 Å². The maximum atomic E-state index is 4.82. The monoisotopic (exact) mass is 298 g/mol. The van der Waals surface area contributed by atoms with Crippen LogP contribution in [0.1, 0.15) is 0 Å². The summed E-state index contributed by atoms with van der Waals surface area (Å²) in [4.78, 5) is 0. The standard InChI is InChI=1S/C12H11PSSe/c14-13(15,11-7-3-1-4-8-11)12-9-5-2-6-10-12/h1-10H,(H,14,15). The first-order valence-corrected chi connectivity index (χ1v) is 9.81. The molecule has 0 aromatic heterocycles. The average molecular weight is 297 g/mol. The van der Waals surface area contributed by atoms with Gasteiger partial charge in [-0.1, -0.05) is 0 Å². The van der Waals surface area contributed by atoms with Crippen LogP contribution in [0, 0.1) is 0 Å². The van der Waals surface area contributed by atoms with Gasteiger partial charge in [0.2, 0.25) is 0 Å². The molecule has 2 aromatic rings. The van der Waals surface area contributed by atoms with Crippen molar-refractivity contribution in [2.75, 3.05) is 0 Å². The van der Waals surface area contributed by atoms with Crippen LogP contribution in [0.2, 0.25) is 0 Å². The first-order valence-electron chi connectivity index (χ1n) is 4.65. The van der Waals surface area contributed by atoms with Gasteiger partial charge < -0.3 is 0 Å². The van der Waals surface area contributed by atoms with E-state index in [1.54, 1.807) is 0 Å². The third-order valence-electron chi connectivity index (χ3n) is 2.21. The Bertz CT molecular complexity index is 438.